The fourth-order valence-corrected chi connectivity index (χ4v) is 4.58. The van der Waals surface area contributed by atoms with Crippen molar-refractivity contribution in [2.45, 2.75) is 25.0 Å². The SMILES string of the molecule is CCOC(=O)[C@]1(C#N)[C@@H](c2ccc(C)cc2)[C@@H]1S(C)(=O)=O. The van der Waals surface area contributed by atoms with E-state index >= 15 is 0 Å². The van der Waals surface area contributed by atoms with E-state index < -0.39 is 32.4 Å². The van der Waals surface area contributed by atoms with E-state index in [0.29, 0.717) is 5.56 Å². The van der Waals surface area contributed by atoms with E-state index in [1.54, 1.807) is 19.1 Å². The summed E-state index contributed by atoms with van der Waals surface area (Å²) < 4.78 is 28.9. The molecule has 3 atom stereocenters. The van der Waals surface area contributed by atoms with Crippen LogP contribution in [0.4, 0.5) is 0 Å². The molecule has 2 rings (SSSR count). The number of esters is 1. The van der Waals surface area contributed by atoms with Crippen molar-refractivity contribution in [2.75, 3.05) is 12.9 Å². The van der Waals surface area contributed by atoms with Crippen molar-refractivity contribution in [3.05, 3.63) is 35.4 Å². The van der Waals surface area contributed by atoms with Crippen LogP contribution in [0.3, 0.4) is 0 Å². The first-order valence-electron chi connectivity index (χ1n) is 6.63. The molecule has 0 amide bonds. The van der Waals surface area contributed by atoms with Gasteiger partial charge in [0.2, 0.25) is 0 Å². The van der Waals surface area contributed by atoms with Gasteiger partial charge >= 0.3 is 5.97 Å². The fourth-order valence-electron chi connectivity index (χ4n) is 2.82. The molecular weight excluding hydrogens is 290 g/mol. The monoisotopic (exact) mass is 307 g/mol. The second-order valence-corrected chi connectivity index (χ2v) is 7.51. The number of sulfone groups is 1. The fraction of sp³-hybridized carbons (Fsp3) is 0.467. The van der Waals surface area contributed by atoms with Gasteiger partial charge in [-0.1, -0.05) is 29.8 Å². The van der Waals surface area contributed by atoms with Gasteiger partial charge in [0, 0.05) is 12.2 Å². The van der Waals surface area contributed by atoms with Crippen molar-refractivity contribution in [3.63, 3.8) is 0 Å². The summed E-state index contributed by atoms with van der Waals surface area (Å²) >= 11 is 0. The van der Waals surface area contributed by atoms with Gasteiger partial charge in [0.05, 0.1) is 12.7 Å². The molecule has 1 saturated carbocycles. The van der Waals surface area contributed by atoms with Gasteiger partial charge in [-0.05, 0) is 19.4 Å². The molecule has 0 bridgehead atoms. The highest BCUT2D eigenvalue weighted by atomic mass is 32.2. The van der Waals surface area contributed by atoms with Crippen molar-refractivity contribution >= 4 is 15.8 Å². The van der Waals surface area contributed by atoms with Crippen LogP contribution in [0.5, 0.6) is 0 Å². The lowest BCUT2D eigenvalue weighted by atomic mass is 10.00. The number of carbonyl (C=O) groups excluding carboxylic acids is 1. The quantitative estimate of drug-likeness (QED) is 0.788. The molecule has 0 aromatic heterocycles. The van der Waals surface area contributed by atoms with Gasteiger partial charge < -0.3 is 4.74 Å². The number of benzene rings is 1. The average molecular weight is 307 g/mol. The molecule has 5 nitrogen and oxygen atoms in total. The Morgan fingerprint density at radius 1 is 1.38 bits per heavy atom. The minimum absolute atomic E-state index is 0.110. The van der Waals surface area contributed by atoms with Crippen molar-refractivity contribution in [1.29, 1.82) is 5.26 Å². The Morgan fingerprint density at radius 3 is 2.38 bits per heavy atom. The first kappa shape index (κ1) is 15.5. The molecular formula is C15H17NO4S. The first-order valence-corrected chi connectivity index (χ1v) is 8.58. The number of hydrogen-bond donors (Lipinski definition) is 0. The number of ether oxygens (including phenoxy) is 1. The third-order valence-electron chi connectivity index (χ3n) is 3.83. The molecule has 1 aliphatic carbocycles. The zero-order chi connectivity index (χ0) is 15.8. The minimum Gasteiger partial charge on any atom is -0.465 e. The maximum absolute atomic E-state index is 12.2. The second-order valence-electron chi connectivity index (χ2n) is 5.34. The molecule has 112 valence electrons. The standard InChI is InChI=1S/C15H17NO4S/c1-4-20-14(17)15(9-16)12(13(15)21(3,18)19)11-7-5-10(2)6-8-11/h5-8,12-13H,4H2,1-3H3/t12-,13-,15+/m0/s1. The summed E-state index contributed by atoms with van der Waals surface area (Å²) in [4.78, 5) is 12.2. The van der Waals surface area contributed by atoms with E-state index in [-0.39, 0.29) is 6.61 Å². The third kappa shape index (κ3) is 2.42. The van der Waals surface area contributed by atoms with Crippen LogP contribution in [-0.4, -0.2) is 32.5 Å². The van der Waals surface area contributed by atoms with E-state index in [0.717, 1.165) is 11.8 Å². The van der Waals surface area contributed by atoms with Gasteiger partial charge in [-0.25, -0.2) is 8.42 Å². The van der Waals surface area contributed by atoms with Gasteiger partial charge in [-0.2, -0.15) is 5.26 Å². The predicted molar refractivity (Wildman–Crippen MR) is 77.2 cm³/mol. The number of carbonyl (C=O) groups is 1. The molecule has 1 aromatic carbocycles. The normalized spacial score (nSPS) is 27.7. The van der Waals surface area contributed by atoms with Crippen molar-refractivity contribution in [2.24, 2.45) is 5.41 Å². The summed E-state index contributed by atoms with van der Waals surface area (Å²) in [6.07, 6.45) is 1.05. The highest BCUT2D eigenvalue weighted by Crippen LogP contribution is 2.63. The van der Waals surface area contributed by atoms with Gasteiger partial charge in [-0.3, -0.25) is 4.79 Å². The highest BCUT2D eigenvalue weighted by Gasteiger charge is 2.76. The van der Waals surface area contributed by atoms with Crippen LogP contribution in [0.25, 0.3) is 0 Å². The van der Waals surface area contributed by atoms with Crippen molar-refractivity contribution in [1.82, 2.24) is 0 Å². The summed E-state index contributed by atoms with van der Waals surface area (Å²) in [5.74, 6) is -1.43. The topological polar surface area (TPSA) is 84.2 Å². The number of nitrogens with zero attached hydrogens (tertiary/aromatic N) is 1. The molecule has 1 aromatic rings. The van der Waals surface area contributed by atoms with E-state index in [4.69, 9.17) is 4.74 Å². The molecule has 0 heterocycles. The van der Waals surface area contributed by atoms with E-state index in [9.17, 15) is 18.5 Å². The van der Waals surface area contributed by atoms with Crippen LogP contribution in [0.1, 0.15) is 24.0 Å². The summed E-state index contributed by atoms with van der Waals surface area (Å²) in [6, 6.07) is 9.09. The molecule has 1 fully saturated rings. The zero-order valence-electron chi connectivity index (χ0n) is 12.2. The Balaban J connectivity index is 2.50. The van der Waals surface area contributed by atoms with Crippen molar-refractivity contribution < 1.29 is 17.9 Å². The number of rotatable bonds is 4. The number of aryl methyl sites for hydroxylation is 1. The highest BCUT2D eigenvalue weighted by molar-refractivity contribution is 7.91. The third-order valence-corrected chi connectivity index (χ3v) is 5.40. The largest absolute Gasteiger partial charge is 0.465 e. The summed E-state index contributed by atoms with van der Waals surface area (Å²) in [5.41, 5.74) is 0.0680. The Labute approximate surface area is 124 Å². The maximum atomic E-state index is 12.2. The molecule has 0 radical (unpaired) electrons. The first-order chi connectivity index (χ1) is 9.79. The zero-order valence-corrected chi connectivity index (χ0v) is 13.0. The van der Waals surface area contributed by atoms with Crippen LogP contribution in [0.2, 0.25) is 0 Å². The van der Waals surface area contributed by atoms with Crippen LogP contribution in [0, 0.1) is 23.7 Å². The Bertz CT molecular complexity index is 702. The van der Waals surface area contributed by atoms with Gasteiger partial charge in [0.1, 0.15) is 5.25 Å². The van der Waals surface area contributed by atoms with Gasteiger partial charge in [0.25, 0.3) is 0 Å². The smallest absolute Gasteiger partial charge is 0.328 e. The van der Waals surface area contributed by atoms with E-state index in [1.165, 1.54) is 0 Å². The van der Waals surface area contributed by atoms with Crippen LogP contribution in [0.15, 0.2) is 24.3 Å². The van der Waals surface area contributed by atoms with E-state index in [1.807, 2.05) is 25.1 Å². The molecule has 0 aliphatic heterocycles. The summed E-state index contributed by atoms with van der Waals surface area (Å²) in [5, 5.41) is 8.41. The minimum atomic E-state index is -3.54. The molecule has 0 spiro atoms. The molecule has 0 N–H and O–H groups in total. The lowest BCUT2D eigenvalue weighted by Gasteiger charge is -2.08. The summed E-state index contributed by atoms with van der Waals surface area (Å²) in [6.45, 7) is 3.65. The van der Waals surface area contributed by atoms with Gasteiger partial charge in [0.15, 0.2) is 15.3 Å². The van der Waals surface area contributed by atoms with Gasteiger partial charge in [-0.15, -0.1) is 0 Å². The van der Waals surface area contributed by atoms with Crippen LogP contribution >= 0.6 is 0 Å². The molecule has 0 unspecified atom stereocenters. The predicted octanol–water partition coefficient (Wildman–Crippen LogP) is 1.58. The van der Waals surface area contributed by atoms with E-state index in [2.05, 4.69) is 0 Å². The Morgan fingerprint density at radius 2 is 1.95 bits per heavy atom. The lowest BCUT2D eigenvalue weighted by Crippen LogP contribution is -2.24. The molecule has 6 heteroatoms. The average Bonchev–Trinajstić information content (AvgIpc) is 3.10. The molecule has 21 heavy (non-hydrogen) atoms. The second kappa shape index (κ2) is 5.15. The number of hydrogen-bond acceptors (Lipinski definition) is 5. The Kier molecular flexibility index (Phi) is 3.81. The van der Waals surface area contributed by atoms with Crippen LogP contribution < -0.4 is 0 Å². The molecule has 1 aliphatic rings. The lowest BCUT2D eigenvalue weighted by molar-refractivity contribution is -0.147. The van der Waals surface area contributed by atoms with Crippen molar-refractivity contribution in [3.8, 4) is 6.07 Å². The van der Waals surface area contributed by atoms with Crippen LogP contribution in [-0.2, 0) is 19.4 Å². The summed E-state index contributed by atoms with van der Waals surface area (Å²) in [7, 11) is -3.54. The molecule has 0 saturated heterocycles. The Hall–Kier alpha value is -1.87. The number of nitriles is 1. The maximum Gasteiger partial charge on any atom is 0.328 e.